The Morgan fingerprint density at radius 1 is 0.933 bits per heavy atom. The molecule has 2 aliphatic rings. The number of piperidine rings is 1. The molecule has 1 aromatic heterocycles. The molecule has 8 nitrogen and oxygen atoms in total. The lowest BCUT2D eigenvalue weighted by molar-refractivity contribution is -0.137. The van der Waals surface area contributed by atoms with E-state index in [-0.39, 0.29) is 16.7 Å². The first-order valence-electron chi connectivity index (χ1n) is 10.0. The lowest BCUT2D eigenvalue weighted by Gasteiger charge is -2.38. The molecule has 3 heterocycles. The molecular weight excluding hydrogens is 426 g/mol. The first-order valence-corrected chi connectivity index (χ1v) is 11.8. The molecule has 0 bridgehead atoms. The minimum Gasteiger partial charge on any atom is -0.339 e. The number of hydrogen-bond donors (Lipinski definition) is 0. The fourth-order valence-corrected chi connectivity index (χ4v) is 5.53. The molecule has 0 spiro atoms. The van der Waals surface area contributed by atoms with Gasteiger partial charge in [-0.2, -0.15) is 4.31 Å². The van der Waals surface area contributed by atoms with Gasteiger partial charge in [0.15, 0.2) is 0 Å². The van der Waals surface area contributed by atoms with Crippen LogP contribution >= 0.6 is 11.6 Å². The highest BCUT2D eigenvalue weighted by Crippen LogP contribution is 2.26. The van der Waals surface area contributed by atoms with E-state index in [1.165, 1.54) is 16.4 Å². The number of rotatable bonds is 4. The highest BCUT2D eigenvalue weighted by atomic mass is 35.5. The van der Waals surface area contributed by atoms with Crippen LogP contribution in [0.3, 0.4) is 0 Å². The van der Waals surface area contributed by atoms with Crippen molar-refractivity contribution in [1.82, 2.24) is 19.2 Å². The third-order valence-corrected chi connectivity index (χ3v) is 7.85. The summed E-state index contributed by atoms with van der Waals surface area (Å²) in [6, 6.07) is 7.97. The second-order valence-corrected chi connectivity index (χ2v) is 9.87. The Hall–Kier alpha value is -2.23. The van der Waals surface area contributed by atoms with Gasteiger partial charge in [-0.15, -0.1) is 0 Å². The highest BCUT2D eigenvalue weighted by molar-refractivity contribution is 7.89. The largest absolute Gasteiger partial charge is 0.339 e. The van der Waals surface area contributed by atoms with Gasteiger partial charge in [-0.1, -0.05) is 11.6 Å². The van der Waals surface area contributed by atoms with Crippen molar-refractivity contribution in [1.29, 1.82) is 0 Å². The van der Waals surface area contributed by atoms with Crippen molar-refractivity contribution in [3.63, 3.8) is 0 Å². The predicted octanol–water partition coefficient (Wildman–Crippen LogP) is 1.88. The highest BCUT2D eigenvalue weighted by Gasteiger charge is 2.34. The van der Waals surface area contributed by atoms with Crippen molar-refractivity contribution in [3.05, 3.63) is 47.7 Å². The van der Waals surface area contributed by atoms with Gasteiger partial charge in [-0.3, -0.25) is 4.79 Å². The Morgan fingerprint density at radius 2 is 1.53 bits per heavy atom. The Labute approximate surface area is 181 Å². The zero-order valence-electron chi connectivity index (χ0n) is 16.5. The van der Waals surface area contributed by atoms with Crippen LogP contribution in [0.2, 0.25) is 5.02 Å². The molecule has 0 N–H and O–H groups in total. The van der Waals surface area contributed by atoms with E-state index < -0.39 is 10.0 Å². The van der Waals surface area contributed by atoms with Gasteiger partial charge >= 0.3 is 0 Å². The van der Waals surface area contributed by atoms with E-state index >= 15 is 0 Å². The predicted molar refractivity (Wildman–Crippen MR) is 114 cm³/mol. The van der Waals surface area contributed by atoms with Gasteiger partial charge < -0.3 is 9.80 Å². The Morgan fingerprint density at radius 3 is 2.13 bits per heavy atom. The van der Waals surface area contributed by atoms with Crippen molar-refractivity contribution in [2.24, 2.45) is 5.92 Å². The summed E-state index contributed by atoms with van der Waals surface area (Å²) >= 11 is 5.86. The average molecular weight is 450 g/mol. The summed E-state index contributed by atoms with van der Waals surface area (Å²) in [6.45, 7) is 3.33. The van der Waals surface area contributed by atoms with Crippen LogP contribution in [0, 0.1) is 5.92 Å². The van der Waals surface area contributed by atoms with Crippen LogP contribution < -0.4 is 4.90 Å². The summed E-state index contributed by atoms with van der Waals surface area (Å²) in [5.41, 5.74) is 0. The number of amides is 1. The zero-order chi connectivity index (χ0) is 21.1. The summed E-state index contributed by atoms with van der Waals surface area (Å²) < 4.78 is 27.1. The third kappa shape index (κ3) is 4.43. The first-order chi connectivity index (χ1) is 14.4. The summed E-state index contributed by atoms with van der Waals surface area (Å²) in [7, 11) is -3.56. The van der Waals surface area contributed by atoms with Gasteiger partial charge in [0.2, 0.25) is 21.9 Å². The number of carbonyl (C=O) groups is 1. The quantitative estimate of drug-likeness (QED) is 0.708. The summed E-state index contributed by atoms with van der Waals surface area (Å²) in [6.07, 6.45) is 4.50. The molecule has 30 heavy (non-hydrogen) atoms. The van der Waals surface area contributed by atoms with Gasteiger partial charge in [0, 0.05) is 62.6 Å². The number of piperazine rings is 1. The smallest absolute Gasteiger partial charge is 0.243 e. The fraction of sp³-hybridized carbons (Fsp3) is 0.450. The molecule has 2 saturated heterocycles. The second-order valence-electron chi connectivity index (χ2n) is 7.49. The molecule has 160 valence electrons. The number of aromatic nitrogens is 2. The molecule has 2 fully saturated rings. The maximum Gasteiger partial charge on any atom is 0.243 e. The van der Waals surface area contributed by atoms with E-state index in [0.717, 1.165) is 0 Å². The molecule has 0 aliphatic carbocycles. The van der Waals surface area contributed by atoms with Crippen molar-refractivity contribution < 1.29 is 13.2 Å². The van der Waals surface area contributed by atoms with Crippen LogP contribution in [0.15, 0.2) is 47.6 Å². The Kier molecular flexibility index (Phi) is 6.21. The number of halogens is 1. The van der Waals surface area contributed by atoms with Gasteiger partial charge in [0.05, 0.1) is 4.90 Å². The van der Waals surface area contributed by atoms with Crippen LogP contribution in [0.1, 0.15) is 12.8 Å². The van der Waals surface area contributed by atoms with Gasteiger partial charge in [0.25, 0.3) is 0 Å². The maximum atomic E-state index is 13.0. The fourth-order valence-electron chi connectivity index (χ4n) is 3.94. The van der Waals surface area contributed by atoms with E-state index in [1.807, 2.05) is 4.90 Å². The normalized spacial score (nSPS) is 19.1. The number of hydrogen-bond acceptors (Lipinski definition) is 6. The molecule has 2 aliphatic heterocycles. The zero-order valence-corrected chi connectivity index (χ0v) is 18.1. The van der Waals surface area contributed by atoms with Crippen LogP contribution in [0.4, 0.5) is 5.95 Å². The van der Waals surface area contributed by atoms with Gasteiger partial charge in [-0.05, 0) is 43.2 Å². The number of nitrogens with zero attached hydrogens (tertiary/aromatic N) is 5. The summed E-state index contributed by atoms with van der Waals surface area (Å²) in [5, 5.41) is 0.497. The summed E-state index contributed by atoms with van der Waals surface area (Å²) in [5.74, 6) is 0.665. The van der Waals surface area contributed by atoms with Crippen LogP contribution in [-0.4, -0.2) is 72.8 Å². The molecule has 1 aromatic carbocycles. The first kappa shape index (κ1) is 21.0. The topological polar surface area (TPSA) is 86.7 Å². The molecule has 4 rings (SSSR count). The second kappa shape index (κ2) is 8.87. The molecule has 0 unspecified atom stereocenters. The Bertz CT molecular complexity index is 971. The van der Waals surface area contributed by atoms with E-state index in [9.17, 15) is 13.2 Å². The van der Waals surface area contributed by atoms with E-state index in [0.29, 0.717) is 63.1 Å². The number of carbonyl (C=O) groups excluding carboxylic acids is 1. The van der Waals surface area contributed by atoms with Crippen LogP contribution in [-0.2, 0) is 14.8 Å². The Balaban J connectivity index is 1.31. The molecule has 0 atom stereocenters. The van der Waals surface area contributed by atoms with E-state index in [2.05, 4.69) is 14.9 Å². The van der Waals surface area contributed by atoms with E-state index in [1.54, 1.807) is 30.6 Å². The lowest BCUT2D eigenvalue weighted by Crippen LogP contribution is -2.52. The maximum absolute atomic E-state index is 13.0. The van der Waals surface area contributed by atoms with Crippen molar-refractivity contribution in [2.75, 3.05) is 44.2 Å². The minimum atomic E-state index is -3.56. The molecular formula is C20H24ClN5O3S. The van der Waals surface area contributed by atoms with Crippen molar-refractivity contribution in [3.8, 4) is 0 Å². The molecule has 0 saturated carbocycles. The van der Waals surface area contributed by atoms with Crippen molar-refractivity contribution in [2.45, 2.75) is 17.7 Å². The molecule has 0 radical (unpaired) electrons. The number of sulfonamides is 1. The van der Waals surface area contributed by atoms with Gasteiger partial charge in [0.1, 0.15) is 0 Å². The molecule has 1 amide bonds. The van der Waals surface area contributed by atoms with Crippen molar-refractivity contribution >= 4 is 33.5 Å². The monoisotopic (exact) mass is 449 g/mol. The van der Waals surface area contributed by atoms with E-state index in [4.69, 9.17) is 11.6 Å². The number of benzene rings is 1. The third-order valence-electron chi connectivity index (χ3n) is 5.68. The standard InChI is InChI=1S/C20H24ClN5O3S/c21-17-2-4-18(5-3-17)30(28,29)26-10-6-16(7-11-26)19(27)24-12-14-25(15-13-24)20-22-8-1-9-23-20/h1-5,8-9,16H,6-7,10-15H2. The lowest BCUT2D eigenvalue weighted by atomic mass is 9.96. The molecule has 2 aromatic rings. The van der Waals surface area contributed by atoms with Crippen LogP contribution in [0.5, 0.6) is 0 Å². The average Bonchev–Trinajstić information content (AvgIpc) is 2.80. The summed E-state index contributed by atoms with van der Waals surface area (Å²) in [4.78, 5) is 25.7. The number of anilines is 1. The SMILES string of the molecule is O=C(C1CCN(S(=O)(=O)c2ccc(Cl)cc2)CC1)N1CCN(c2ncccn2)CC1. The minimum absolute atomic E-state index is 0.118. The molecule has 10 heteroatoms. The van der Waals surface area contributed by atoms with Crippen LogP contribution in [0.25, 0.3) is 0 Å². The van der Waals surface area contributed by atoms with Gasteiger partial charge in [-0.25, -0.2) is 18.4 Å².